The summed E-state index contributed by atoms with van der Waals surface area (Å²) in [6, 6.07) is 44.1. The molecule has 1 aliphatic heterocycles. The van der Waals surface area contributed by atoms with Crippen molar-refractivity contribution in [3.05, 3.63) is 163 Å². The second-order valence-electron chi connectivity index (χ2n) is 12.5. The molecule has 49 heavy (non-hydrogen) atoms. The van der Waals surface area contributed by atoms with Gasteiger partial charge < -0.3 is 9.73 Å². The zero-order valence-electron chi connectivity index (χ0n) is 26.3. The van der Waals surface area contributed by atoms with Crippen LogP contribution in [0.5, 0.6) is 0 Å². The summed E-state index contributed by atoms with van der Waals surface area (Å²) in [5.74, 6) is 2.58. The van der Waals surface area contributed by atoms with Gasteiger partial charge in [-0.25, -0.2) is 15.0 Å². The largest absolute Gasteiger partial charge is 0.439 e. The second-order valence-corrected chi connectivity index (χ2v) is 12.5. The molecule has 0 saturated carbocycles. The quantitative estimate of drug-likeness (QED) is 0.197. The lowest BCUT2D eigenvalue weighted by Gasteiger charge is -2.22. The van der Waals surface area contributed by atoms with E-state index in [4.69, 9.17) is 19.4 Å². The van der Waals surface area contributed by atoms with Crippen LogP contribution in [0.25, 0.3) is 83.9 Å². The Kier molecular flexibility index (Phi) is 6.18. The fourth-order valence-corrected chi connectivity index (χ4v) is 7.13. The lowest BCUT2D eigenvalue weighted by molar-refractivity contribution is 0.623. The average Bonchev–Trinajstić information content (AvgIpc) is 3.55. The van der Waals surface area contributed by atoms with Gasteiger partial charge in [0.1, 0.15) is 5.58 Å². The van der Waals surface area contributed by atoms with Crippen molar-refractivity contribution in [1.82, 2.24) is 15.0 Å². The van der Waals surface area contributed by atoms with E-state index in [0.717, 1.165) is 50.2 Å². The fraction of sp³-hybridized carbons (Fsp3) is 0.0227. The molecule has 5 nitrogen and oxygen atoms in total. The highest BCUT2D eigenvalue weighted by Crippen LogP contribution is 2.46. The molecule has 0 bridgehead atoms. The summed E-state index contributed by atoms with van der Waals surface area (Å²) in [5, 5.41) is 9.51. The number of nitrogens with zero attached hydrogens (tertiary/aromatic N) is 3. The molecule has 10 rings (SSSR count). The molecule has 8 aromatic rings. The van der Waals surface area contributed by atoms with Crippen LogP contribution >= 0.6 is 0 Å². The molecule has 2 aliphatic rings. The molecule has 230 valence electrons. The standard InChI is InChI=1S/C44H28N4O/c1-3-12-28(13-4-1)41-46-42(29-14-5-2-6-15-29)48-43(47-41)36-24-23-35(31-21-22-34-30(25-31)20-19-27-11-7-9-17-33(27)34)40-39(36)37-26-32-16-8-10-18-38(32)45-44(37)49-40/h1-26,38,45H. The zero-order chi connectivity index (χ0) is 32.3. The third-order valence-electron chi connectivity index (χ3n) is 9.53. The van der Waals surface area contributed by atoms with Crippen molar-refractivity contribution in [1.29, 1.82) is 0 Å². The van der Waals surface area contributed by atoms with Crippen LogP contribution in [0, 0.1) is 0 Å². The summed E-state index contributed by atoms with van der Waals surface area (Å²) in [6.07, 6.45) is 10.7. The van der Waals surface area contributed by atoms with Crippen LogP contribution in [0.2, 0.25) is 0 Å². The SMILES string of the molecule is C1=CC2=Cc3c(oc4c(-c5ccc6c(ccc7ccccc76)c5)ccc(-c5nc(-c6ccccc6)nc(-c6ccccc6)n5)c34)NC2C=C1. The second kappa shape index (κ2) is 11.0. The van der Waals surface area contributed by atoms with E-state index in [1.165, 1.54) is 27.1 Å². The lowest BCUT2D eigenvalue weighted by atomic mass is 9.92. The van der Waals surface area contributed by atoms with Crippen molar-refractivity contribution < 1.29 is 4.42 Å². The Morgan fingerprint density at radius 2 is 1.22 bits per heavy atom. The number of aromatic nitrogens is 3. The van der Waals surface area contributed by atoms with Crippen molar-refractivity contribution in [2.75, 3.05) is 5.32 Å². The Balaban J connectivity index is 1.23. The minimum absolute atomic E-state index is 0.0467. The third-order valence-corrected chi connectivity index (χ3v) is 9.53. The van der Waals surface area contributed by atoms with E-state index < -0.39 is 0 Å². The molecule has 6 aromatic carbocycles. The monoisotopic (exact) mass is 628 g/mol. The van der Waals surface area contributed by atoms with E-state index in [-0.39, 0.29) is 6.04 Å². The van der Waals surface area contributed by atoms with Crippen LogP contribution in [0.1, 0.15) is 5.56 Å². The van der Waals surface area contributed by atoms with Gasteiger partial charge in [0.05, 0.1) is 6.04 Å². The van der Waals surface area contributed by atoms with E-state index in [2.05, 4.69) is 102 Å². The van der Waals surface area contributed by atoms with Crippen molar-refractivity contribution in [3.63, 3.8) is 0 Å². The Morgan fingerprint density at radius 1 is 0.551 bits per heavy atom. The molecule has 0 fully saturated rings. The maximum Gasteiger partial charge on any atom is 0.202 e. The minimum atomic E-state index is 0.0467. The van der Waals surface area contributed by atoms with Gasteiger partial charge in [-0.1, -0.05) is 133 Å². The van der Waals surface area contributed by atoms with Gasteiger partial charge in [0.2, 0.25) is 5.88 Å². The Morgan fingerprint density at radius 3 is 2.02 bits per heavy atom. The molecule has 1 N–H and O–H groups in total. The summed E-state index contributed by atoms with van der Waals surface area (Å²) < 4.78 is 6.81. The van der Waals surface area contributed by atoms with E-state index >= 15 is 0 Å². The molecule has 5 heteroatoms. The first-order valence-corrected chi connectivity index (χ1v) is 16.5. The van der Waals surface area contributed by atoms with Crippen molar-refractivity contribution in [3.8, 4) is 45.3 Å². The van der Waals surface area contributed by atoms with E-state index in [9.17, 15) is 0 Å². The van der Waals surface area contributed by atoms with Gasteiger partial charge in [0.15, 0.2) is 17.5 Å². The number of nitrogens with one attached hydrogen (secondary N) is 1. The molecule has 1 aliphatic carbocycles. The van der Waals surface area contributed by atoms with E-state index in [1.807, 2.05) is 60.7 Å². The van der Waals surface area contributed by atoms with E-state index in [0.29, 0.717) is 17.5 Å². The Hall–Kier alpha value is -6.59. The molecule has 3 heterocycles. The molecule has 0 spiro atoms. The molecule has 0 saturated heterocycles. The number of hydrogen-bond donors (Lipinski definition) is 1. The van der Waals surface area contributed by atoms with E-state index in [1.54, 1.807) is 0 Å². The van der Waals surface area contributed by atoms with Crippen LogP contribution in [-0.2, 0) is 0 Å². The first-order valence-electron chi connectivity index (χ1n) is 16.5. The van der Waals surface area contributed by atoms with Gasteiger partial charge in [-0.05, 0) is 57.0 Å². The molecule has 0 amide bonds. The number of rotatable bonds is 4. The summed E-state index contributed by atoms with van der Waals surface area (Å²) in [4.78, 5) is 15.1. The molecule has 1 unspecified atom stereocenters. The predicted molar refractivity (Wildman–Crippen MR) is 200 cm³/mol. The maximum atomic E-state index is 6.81. The Bertz CT molecular complexity index is 2630. The Labute approximate surface area is 282 Å². The number of benzene rings is 6. The highest BCUT2D eigenvalue weighted by atomic mass is 16.4. The summed E-state index contributed by atoms with van der Waals surface area (Å²) in [5.41, 5.74) is 7.81. The van der Waals surface area contributed by atoms with Crippen LogP contribution < -0.4 is 5.32 Å². The van der Waals surface area contributed by atoms with Gasteiger partial charge in [-0.3, -0.25) is 0 Å². The zero-order valence-corrected chi connectivity index (χ0v) is 26.3. The number of hydrogen-bond acceptors (Lipinski definition) is 5. The summed E-state index contributed by atoms with van der Waals surface area (Å²) in [6.45, 7) is 0. The minimum Gasteiger partial charge on any atom is -0.439 e. The van der Waals surface area contributed by atoms with Gasteiger partial charge in [-0.15, -0.1) is 0 Å². The molecular formula is C44H28N4O. The topological polar surface area (TPSA) is 63.8 Å². The van der Waals surface area contributed by atoms with Crippen molar-refractivity contribution in [2.45, 2.75) is 6.04 Å². The van der Waals surface area contributed by atoms with Crippen LogP contribution in [0.15, 0.2) is 162 Å². The van der Waals surface area contributed by atoms with Gasteiger partial charge in [0.25, 0.3) is 0 Å². The van der Waals surface area contributed by atoms with Crippen molar-refractivity contribution in [2.24, 2.45) is 0 Å². The van der Waals surface area contributed by atoms with Crippen LogP contribution in [0.3, 0.4) is 0 Å². The lowest BCUT2D eigenvalue weighted by Crippen LogP contribution is -2.22. The maximum absolute atomic E-state index is 6.81. The highest BCUT2D eigenvalue weighted by molar-refractivity contribution is 6.12. The van der Waals surface area contributed by atoms with Crippen molar-refractivity contribution >= 4 is 44.5 Å². The third kappa shape index (κ3) is 4.59. The number of allylic oxidation sites excluding steroid dienone is 2. The number of fused-ring (bicyclic) bond motifs is 7. The predicted octanol–water partition coefficient (Wildman–Crippen LogP) is 10.9. The van der Waals surface area contributed by atoms with Gasteiger partial charge >= 0.3 is 0 Å². The molecule has 1 atom stereocenters. The first-order chi connectivity index (χ1) is 24.3. The smallest absolute Gasteiger partial charge is 0.202 e. The fourth-order valence-electron chi connectivity index (χ4n) is 7.13. The molecule has 0 radical (unpaired) electrons. The number of furan rings is 1. The summed E-state index contributed by atoms with van der Waals surface area (Å²) in [7, 11) is 0. The van der Waals surface area contributed by atoms with Gasteiger partial charge in [-0.2, -0.15) is 0 Å². The average molecular weight is 629 g/mol. The molecular weight excluding hydrogens is 601 g/mol. The number of anilines is 1. The highest BCUT2D eigenvalue weighted by Gasteiger charge is 2.28. The summed E-state index contributed by atoms with van der Waals surface area (Å²) >= 11 is 0. The normalized spacial score (nSPS) is 14.9. The first kappa shape index (κ1) is 27.5. The van der Waals surface area contributed by atoms with Crippen LogP contribution in [0.4, 0.5) is 5.88 Å². The van der Waals surface area contributed by atoms with Crippen LogP contribution in [-0.4, -0.2) is 21.0 Å². The van der Waals surface area contributed by atoms with Gasteiger partial charge in [0, 0.05) is 33.2 Å². The molecule has 2 aromatic heterocycles.